The van der Waals surface area contributed by atoms with E-state index in [1.54, 1.807) is 23.8 Å². The van der Waals surface area contributed by atoms with Crippen LogP contribution in [0.3, 0.4) is 0 Å². The summed E-state index contributed by atoms with van der Waals surface area (Å²) in [5.41, 5.74) is 4.91. The number of pyridine rings is 1. The van der Waals surface area contributed by atoms with Gasteiger partial charge < -0.3 is 0 Å². The van der Waals surface area contributed by atoms with Gasteiger partial charge in [-0.15, -0.1) is 11.3 Å². The lowest BCUT2D eigenvalue weighted by atomic mass is 10.1. The van der Waals surface area contributed by atoms with Crippen molar-refractivity contribution < 1.29 is 8.42 Å². The number of aromatic nitrogens is 2. The molecule has 0 spiro atoms. The smallest absolute Gasteiger partial charge is 0.271 e. The van der Waals surface area contributed by atoms with Crippen molar-refractivity contribution in [1.82, 2.24) is 14.3 Å². The molecule has 0 fully saturated rings. The van der Waals surface area contributed by atoms with Crippen LogP contribution in [0, 0.1) is 6.92 Å². The van der Waals surface area contributed by atoms with Crippen LogP contribution >= 0.6 is 11.3 Å². The van der Waals surface area contributed by atoms with Crippen LogP contribution in [-0.2, 0) is 10.2 Å². The van der Waals surface area contributed by atoms with Gasteiger partial charge in [0.05, 0.1) is 27.3 Å². The molecule has 2 heterocycles. The maximum atomic E-state index is 11.9. The summed E-state index contributed by atoms with van der Waals surface area (Å²) in [5, 5.41) is 0.992. The van der Waals surface area contributed by atoms with Gasteiger partial charge in [-0.2, -0.15) is 12.7 Å². The largest absolute Gasteiger partial charge is 0.301 e. The molecule has 0 amide bonds. The van der Waals surface area contributed by atoms with Crippen LogP contribution < -0.4 is 4.72 Å². The molecule has 0 aliphatic heterocycles. The van der Waals surface area contributed by atoms with Crippen LogP contribution in [0.4, 0.5) is 5.69 Å². The van der Waals surface area contributed by atoms with Crippen molar-refractivity contribution in [3.8, 4) is 10.6 Å². The van der Waals surface area contributed by atoms with Crippen molar-refractivity contribution in [3.05, 3.63) is 41.5 Å². The second-order valence-electron chi connectivity index (χ2n) is 5.31. The molecular weight excluding hydrogens is 332 g/mol. The SMILES string of the molecule is Cc1cc(-c2cncs2)nc2cc(NS(=O)(=O)N(C)C)ccc12. The summed E-state index contributed by atoms with van der Waals surface area (Å²) in [6.45, 7) is 2.01. The van der Waals surface area contributed by atoms with E-state index in [2.05, 4.69) is 14.7 Å². The second kappa shape index (κ2) is 5.88. The lowest BCUT2D eigenvalue weighted by Gasteiger charge is -2.14. The number of anilines is 1. The van der Waals surface area contributed by atoms with E-state index in [-0.39, 0.29) is 0 Å². The van der Waals surface area contributed by atoms with Crippen molar-refractivity contribution in [2.75, 3.05) is 18.8 Å². The predicted octanol–water partition coefficient (Wildman–Crippen LogP) is 2.89. The number of rotatable bonds is 4. The van der Waals surface area contributed by atoms with E-state index in [9.17, 15) is 8.42 Å². The Bertz CT molecular complexity index is 951. The fourth-order valence-corrected chi connectivity index (χ4v) is 3.36. The van der Waals surface area contributed by atoms with Crippen LogP contribution in [0.5, 0.6) is 0 Å². The van der Waals surface area contributed by atoms with Gasteiger partial charge >= 0.3 is 10.2 Å². The molecule has 0 atom stereocenters. The maximum absolute atomic E-state index is 11.9. The lowest BCUT2D eigenvalue weighted by molar-refractivity contribution is 0.527. The first-order valence-corrected chi connectivity index (χ1v) is 9.19. The molecule has 0 bridgehead atoms. The van der Waals surface area contributed by atoms with Crippen molar-refractivity contribution in [2.45, 2.75) is 6.92 Å². The number of nitrogens with zero attached hydrogens (tertiary/aromatic N) is 3. The Morgan fingerprint density at radius 2 is 2.00 bits per heavy atom. The average molecular weight is 348 g/mol. The molecule has 3 aromatic rings. The zero-order chi connectivity index (χ0) is 16.6. The third kappa shape index (κ3) is 3.19. The highest BCUT2D eigenvalue weighted by atomic mass is 32.2. The van der Waals surface area contributed by atoms with E-state index < -0.39 is 10.2 Å². The lowest BCUT2D eigenvalue weighted by Crippen LogP contribution is -2.28. The molecule has 120 valence electrons. The summed E-state index contributed by atoms with van der Waals surface area (Å²) in [6.07, 6.45) is 1.77. The second-order valence-corrected chi connectivity index (χ2v) is 8.08. The van der Waals surface area contributed by atoms with Crippen LogP contribution in [0.25, 0.3) is 21.5 Å². The van der Waals surface area contributed by atoms with E-state index in [1.807, 2.05) is 19.1 Å². The topological polar surface area (TPSA) is 75.2 Å². The van der Waals surface area contributed by atoms with Gasteiger partial charge in [0.15, 0.2) is 0 Å². The Morgan fingerprint density at radius 1 is 1.22 bits per heavy atom. The third-order valence-corrected chi connectivity index (χ3v) is 5.68. The van der Waals surface area contributed by atoms with E-state index in [4.69, 9.17) is 0 Å². The summed E-state index contributed by atoms with van der Waals surface area (Å²) in [7, 11) is -0.576. The van der Waals surface area contributed by atoms with Crippen molar-refractivity contribution in [3.63, 3.8) is 0 Å². The van der Waals surface area contributed by atoms with E-state index in [0.717, 1.165) is 31.3 Å². The molecule has 3 rings (SSSR count). The van der Waals surface area contributed by atoms with Crippen molar-refractivity contribution in [1.29, 1.82) is 0 Å². The summed E-state index contributed by atoms with van der Waals surface area (Å²) < 4.78 is 27.5. The quantitative estimate of drug-likeness (QED) is 0.787. The number of nitrogens with one attached hydrogen (secondary N) is 1. The number of fused-ring (bicyclic) bond motifs is 1. The fourth-order valence-electron chi connectivity index (χ4n) is 2.17. The van der Waals surface area contributed by atoms with Gasteiger partial charge in [-0.05, 0) is 30.7 Å². The average Bonchev–Trinajstić information content (AvgIpc) is 3.00. The summed E-state index contributed by atoms with van der Waals surface area (Å²) in [5.74, 6) is 0. The molecule has 2 aromatic heterocycles. The number of aryl methyl sites for hydroxylation is 1. The minimum atomic E-state index is -3.54. The Hall–Kier alpha value is -2.03. The summed E-state index contributed by atoms with van der Waals surface area (Å²) in [4.78, 5) is 9.69. The van der Waals surface area contributed by atoms with Gasteiger partial charge in [0, 0.05) is 25.7 Å². The highest BCUT2D eigenvalue weighted by Crippen LogP contribution is 2.28. The number of hydrogen-bond donors (Lipinski definition) is 1. The van der Waals surface area contributed by atoms with Crippen LogP contribution in [0.2, 0.25) is 0 Å². The third-order valence-electron chi connectivity index (χ3n) is 3.43. The van der Waals surface area contributed by atoms with Gasteiger partial charge in [-0.1, -0.05) is 6.07 Å². The molecule has 0 aliphatic rings. The molecule has 23 heavy (non-hydrogen) atoms. The molecule has 0 saturated carbocycles. The van der Waals surface area contributed by atoms with Gasteiger partial charge in [0.25, 0.3) is 0 Å². The van der Waals surface area contributed by atoms with Crippen LogP contribution in [-0.4, -0.2) is 36.8 Å². The fraction of sp³-hybridized carbons (Fsp3) is 0.200. The first kappa shape index (κ1) is 15.9. The molecule has 0 saturated heterocycles. The van der Waals surface area contributed by atoms with Crippen LogP contribution in [0.15, 0.2) is 36.0 Å². The molecule has 1 aromatic carbocycles. The minimum Gasteiger partial charge on any atom is -0.271 e. The van der Waals surface area contributed by atoms with Gasteiger partial charge in [0.2, 0.25) is 0 Å². The Kier molecular flexibility index (Phi) is 4.05. The van der Waals surface area contributed by atoms with Crippen molar-refractivity contribution >= 4 is 38.1 Å². The summed E-state index contributed by atoms with van der Waals surface area (Å²) >= 11 is 1.52. The molecule has 0 aliphatic carbocycles. The Labute approximate surface area is 139 Å². The number of benzene rings is 1. The van der Waals surface area contributed by atoms with Gasteiger partial charge in [0.1, 0.15) is 0 Å². The maximum Gasteiger partial charge on any atom is 0.301 e. The van der Waals surface area contributed by atoms with E-state index in [1.165, 1.54) is 25.4 Å². The molecule has 6 nitrogen and oxygen atoms in total. The predicted molar refractivity (Wildman–Crippen MR) is 93.8 cm³/mol. The minimum absolute atomic E-state index is 0.486. The highest BCUT2D eigenvalue weighted by molar-refractivity contribution is 7.90. The molecular formula is C15H16N4O2S2. The zero-order valence-corrected chi connectivity index (χ0v) is 14.6. The summed E-state index contributed by atoms with van der Waals surface area (Å²) in [6, 6.07) is 7.37. The first-order chi connectivity index (χ1) is 10.9. The highest BCUT2D eigenvalue weighted by Gasteiger charge is 2.14. The molecule has 8 heteroatoms. The standard InChI is InChI=1S/C15H16N4O2S2/c1-10-6-14(15-8-16-9-22-15)17-13-7-11(4-5-12(10)13)18-23(20,21)19(2)3/h4-9,18H,1-3H3. The Balaban J connectivity index is 2.08. The molecule has 0 radical (unpaired) electrons. The van der Waals surface area contributed by atoms with Crippen molar-refractivity contribution in [2.24, 2.45) is 0 Å². The van der Waals surface area contributed by atoms with E-state index >= 15 is 0 Å². The number of hydrogen-bond acceptors (Lipinski definition) is 5. The monoisotopic (exact) mass is 348 g/mol. The van der Waals surface area contributed by atoms with Crippen LogP contribution in [0.1, 0.15) is 5.56 Å². The van der Waals surface area contributed by atoms with Gasteiger partial charge in [-0.3, -0.25) is 9.71 Å². The van der Waals surface area contributed by atoms with E-state index in [0.29, 0.717) is 5.69 Å². The normalized spacial score (nSPS) is 12.0. The number of thiazole rings is 1. The molecule has 1 N–H and O–H groups in total. The Morgan fingerprint density at radius 3 is 2.65 bits per heavy atom. The first-order valence-electron chi connectivity index (χ1n) is 6.87. The molecule has 0 unspecified atom stereocenters. The zero-order valence-electron chi connectivity index (χ0n) is 12.9. The van der Waals surface area contributed by atoms with Gasteiger partial charge in [-0.25, -0.2) is 4.98 Å².